The highest BCUT2D eigenvalue weighted by Gasteiger charge is 2.25. The van der Waals surface area contributed by atoms with Gasteiger partial charge in [-0.2, -0.15) is 0 Å². The molecule has 4 nitrogen and oxygen atoms in total. The number of carbonyl (C=O) groups excluding carboxylic acids is 2. The molecule has 0 aromatic heterocycles. The fraction of sp³-hybridized carbons (Fsp3) is 0.417. The molecule has 0 aliphatic rings. The van der Waals surface area contributed by atoms with E-state index in [0.29, 0.717) is 25.9 Å². The maximum atomic E-state index is 13.1. The van der Waals surface area contributed by atoms with Gasteiger partial charge in [0.15, 0.2) is 0 Å². The van der Waals surface area contributed by atoms with Gasteiger partial charge in [-0.25, -0.2) is 0 Å². The third kappa shape index (κ3) is 7.32. The van der Waals surface area contributed by atoms with Gasteiger partial charge in [-0.15, -0.1) is 0 Å². The monoisotopic (exact) mass is 458 g/mol. The molecule has 2 aromatic carbocycles. The number of hydrogen-bond acceptors (Lipinski definition) is 2. The number of amides is 2. The molecule has 2 rings (SSSR count). The topological polar surface area (TPSA) is 49.4 Å². The quantitative estimate of drug-likeness (QED) is 0.550. The number of nitrogens with one attached hydrogen (secondary N) is 1. The molecule has 2 aromatic rings. The Hall–Kier alpha value is -2.14. The Morgan fingerprint density at radius 3 is 2.34 bits per heavy atom. The number of halogens is 1. The molecule has 0 heterocycles. The van der Waals surface area contributed by atoms with Crippen molar-refractivity contribution in [1.29, 1.82) is 0 Å². The lowest BCUT2D eigenvalue weighted by atomic mass is 10.0. The summed E-state index contributed by atoms with van der Waals surface area (Å²) in [6.45, 7) is 6.97. The predicted octanol–water partition coefficient (Wildman–Crippen LogP) is 4.89. The Balaban J connectivity index is 2.11. The molecule has 1 N–H and O–H groups in total. The molecule has 1 atom stereocenters. The van der Waals surface area contributed by atoms with Crippen LogP contribution in [0.25, 0.3) is 0 Å². The Morgan fingerprint density at radius 2 is 1.72 bits per heavy atom. The third-order valence-electron chi connectivity index (χ3n) is 5.02. The van der Waals surface area contributed by atoms with Crippen LogP contribution >= 0.6 is 15.9 Å². The number of carbonyl (C=O) groups is 2. The lowest BCUT2D eigenvalue weighted by molar-refractivity contribution is -0.140. The van der Waals surface area contributed by atoms with Crippen molar-refractivity contribution in [1.82, 2.24) is 10.2 Å². The second kappa shape index (κ2) is 11.8. The van der Waals surface area contributed by atoms with Gasteiger partial charge in [0.2, 0.25) is 11.8 Å². The average molecular weight is 459 g/mol. The number of hydrogen-bond donors (Lipinski definition) is 1. The van der Waals surface area contributed by atoms with Crippen LogP contribution in [0.3, 0.4) is 0 Å². The van der Waals surface area contributed by atoms with Crippen molar-refractivity contribution in [2.24, 2.45) is 0 Å². The number of rotatable bonds is 10. The number of aryl methyl sites for hydroxylation is 2. The standard InChI is InChI=1S/C24H31BrN2O2/c1-4-15-26-24(29)18(3)27(17-21-7-6-8-22(25)16-21)23(28)14-13-20-11-9-19(5-2)10-12-20/h6-12,16,18H,4-5,13-15,17H2,1-3H3,(H,26,29)/t18-/m0/s1. The molecular formula is C24H31BrN2O2. The lowest BCUT2D eigenvalue weighted by Gasteiger charge is -2.29. The van der Waals surface area contributed by atoms with Crippen molar-refractivity contribution in [3.8, 4) is 0 Å². The molecule has 0 aliphatic carbocycles. The summed E-state index contributed by atoms with van der Waals surface area (Å²) in [6, 6.07) is 15.7. The fourth-order valence-corrected chi connectivity index (χ4v) is 3.59. The SMILES string of the molecule is CCCNC(=O)[C@H](C)N(Cc1cccc(Br)c1)C(=O)CCc1ccc(CC)cc1. The molecule has 156 valence electrons. The van der Waals surface area contributed by atoms with E-state index in [9.17, 15) is 9.59 Å². The van der Waals surface area contributed by atoms with Gasteiger partial charge in [-0.05, 0) is 55.0 Å². The minimum absolute atomic E-state index is 0.0105. The molecular weight excluding hydrogens is 428 g/mol. The fourth-order valence-electron chi connectivity index (χ4n) is 3.15. The highest BCUT2D eigenvalue weighted by Crippen LogP contribution is 2.17. The van der Waals surface area contributed by atoms with Gasteiger partial charge in [0.25, 0.3) is 0 Å². The minimum Gasteiger partial charge on any atom is -0.354 e. The highest BCUT2D eigenvalue weighted by molar-refractivity contribution is 9.10. The van der Waals surface area contributed by atoms with E-state index in [0.717, 1.165) is 28.4 Å². The van der Waals surface area contributed by atoms with Gasteiger partial charge in [-0.1, -0.05) is 66.2 Å². The molecule has 5 heteroatoms. The Kier molecular flexibility index (Phi) is 9.39. The van der Waals surface area contributed by atoms with E-state index in [-0.39, 0.29) is 11.8 Å². The van der Waals surface area contributed by atoms with Crippen molar-refractivity contribution < 1.29 is 9.59 Å². The van der Waals surface area contributed by atoms with E-state index >= 15 is 0 Å². The number of benzene rings is 2. The molecule has 0 unspecified atom stereocenters. The van der Waals surface area contributed by atoms with Crippen LogP contribution < -0.4 is 5.32 Å². The number of nitrogens with zero attached hydrogens (tertiary/aromatic N) is 1. The van der Waals surface area contributed by atoms with Gasteiger partial charge < -0.3 is 10.2 Å². The normalized spacial score (nSPS) is 11.7. The minimum atomic E-state index is -0.518. The molecule has 0 saturated heterocycles. The summed E-state index contributed by atoms with van der Waals surface area (Å²) in [7, 11) is 0. The van der Waals surface area contributed by atoms with Crippen molar-refractivity contribution in [2.45, 2.75) is 59.0 Å². The second-order valence-corrected chi connectivity index (χ2v) is 8.20. The van der Waals surface area contributed by atoms with Gasteiger partial charge in [0.1, 0.15) is 6.04 Å². The molecule has 0 bridgehead atoms. The van der Waals surface area contributed by atoms with Gasteiger partial charge in [-0.3, -0.25) is 9.59 Å². The van der Waals surface area contributed by atoms with E-state index in [2.05, 4.69) is 52.4 Å². The van der Waals surface area contributed by atoms with E-state index < -0.39 is 6.04 Å². The van der Waals surface area contributed by atoms with Crippen LogP contribution in [-0.4, -0.2) is 29.3 Å². The Labute approximate surface area is 182 Å². The molecule has 2 amide bonds. The first-order chi connectivity index (χ1) is 13.9. The summed E-state index contributed by atoms with van der Waals surface area (Å²) < 4.78 is 0.960. The predicted molar refractivity (Wildman–Crippen MR) is 122 cm³/mol. The Morgan fingerprint density at radius 1 is 1.03 bits per heavy atom. The van der Waals surface area contributed by atoms with E-state index in [1.807, 2.05) is 31.2 Å². The van der Waals surface area contributed by atoms with Gasteiger partial charge >= 0.3 is 0 Å². The molecule has 29 heavy (non-hydrogen) atoms. The van der Waals surface area contributed by atoms with Gasteiger partial charge in [0, 0.05) is 24.0 Å². The summed E-state index contributed by atoms with van der Waals surface area (Å²) >= 11 is 3.48. The average Bonchev–Trinajstić information content (AvgIpc) is 2.74. The zero-order valence-electron chi connectivity index (χ0n) is 17.6. The van der Waals surface area contributed by atoms with Crippen molar-refractivity contribution in [3.63, 3.8) is 0 Å². The van der Waals surface area contributed by atoms with Crippen LogP contribution in [0, 0.1) is 0 Å². The highest BCUT2D eigenvalue weighted by atomic mass is 79.9. The van der Waals surface area contributed by atoms with E-state index in [1.54, 1.807) is 11.8 Å². The molecule has 0 saturated carbocycles. The van der Waals surface area contributed by atoms with Crippen LogP contribution in [0.1, 0.15) is 50.3 Å². The maximum Gasteiger partial charge on any atom is 0.242 e. The zero-order valence-corrected chi connectivity index (χ0v) is 19.2. The van der Waals surface area contributed by atoms with Crippen LogP contribution in [0.2, 0.25) is 0 Å². The first-order valence-corrected chi connectivity index (χ1v) is 11.1. The molecule has 0 radical (unpaired) electrons. The van der Waals surface area contributed by atoms with Gasteiger partial charge in [0.05, 0.1) is 0 Å². The van der Waals surface area contributed by atoms with Crippen LogP contribution in [0.5, 0.6) is 0 Å². The second-order valence-electron chi connectivity index (χ2n) is 7.29. The van der Waals surface area contributed by atoms with Crippen LogP contribution in [-0.2, 0) is 29.0 Å². The maximum absolute atomic E-state index is 13.1. The van der Waals surface area contributed by atoms with E-state index in [4.69, 9.17) is 0 Å². The third-order valence-corrected chi connectivity index (χ3v) is 5.51. The molecule has 0 fully saturated rings. The summed E-state index contributed by atoms with van der Waals surface area (Å²) in [6.07, 6.45) is 2.92. The van der Waals surface area contributed by atoms with Crippen LogP contribution in [0.15, 0.2) is 53.0 Å². The summed E-state index contributed by atoms with van der Waals surface area (Å²) in [5.74, 6) is -0.119. The zero-order chi connectivity index (χ0) is 21.2. The first-order valence-electron chi connectivity index (χ1n) is 10.3. The Bertz CT molecular complexity index is 805. The largest absolute Gasteiger partial charge is 0.354 e. The molecule has 0 aliphatic heterocycles. The van der Waals surface area contributed by atoms with Crippen LogP contribution in [0.4, 0.5) is 0 Å². The first kappa shape index (κ1) is 23.1. The summed E-state index contributed by atoms with van der Waals surface area (Å²) in [5, 5.41) is 2.91. The van der Waals surface area contributed by atoms with Crippen molar-refractivity contribution >= 4 is 27.7 Å². The summed E-state index contributed by atoms with van der Waals surface area (Å²) in [5.41, 5.74) is 3.42. The smallest absolute Gasteiger partial charge is 0.242 e. The molecule has 0 spiro atoms. The lowest BCUT2D eigenvalue weighted by Crippen LogP contribution is -2.47. The van der Waals surface area contributed by atoms with E-state index in [1.165, 1.54) is 5.56 Å². The van der Waals surface area contributed by atoms with Crippen molar-refractivity contribution in [3.05, 3.63) is 69.7 Å². The van der Waals surface area contributed by atoms with Crippen molar-refractivity contribution in [2.75, 3.05) is 6.54 Å². The summed E-state index contributed by atoms with van der Waals surface area (Å²) in [4.78, 5) is 27.3.